The third kappa shape index (κ3) is 4.17. The van der Waals surface area contributed by atoms with E-state index in [1.54, 1.807) is 57.4 Å². The fourth-order valence-electron chi connectivity index (χ4n) is 3.21. The average molecular weight is 408 g/mol. The molecule has 0 saturated carbocycles. The smallest absolute Gasteiger partial charge is 0.332 e. The lowest BCUT2D eigenvalue weighted by Crippen LogP contribution is -2.39. The molecule has 1 heterocycles. The highest BCUT2D eigenvalue weighted by atomic mass is 16.2. The molecule has 1 aliphatic heterocycles. The van der Waals surface area contributed by atoms with Gasteiger partial charge in [-0.05, 0) is 50.2 Å². The fraction of sp³-hybridized carbons (Fsp3) is 0.273. The Morgan fingerprint density at radius 3 is 2.17 bits per heavy atom. The molecule has 0 spiro atoms. The predicted octanol–water partition coefficient (Wildman–Crippen LogP) is 2.49. The van der Waals surface area contributed by atoms with Crippen LogP contribution in [-0.4, -0.2) is 60.2 Å². The zero-order chi connectivity index (χ0) is 22.0. The summed E-state index contributed by atoms with van der Waals surface area (Å²) in [6.07, 6.45) is 0. The first-order valence-electron chi connectivity index (χ1n) is 9.52. The maximum Gasteiger partial charge on any atom is 0.332 e. The van der Waals surface area contributed by atoms with Crippen molar-refractivity contribution in [2.75, 3.05) is 30.9 Å². The second kappa shape index (κ2) is 8.36. The molecule has 0 unspecified atom stereocenters. The van der Waals surface area contributed by atoms with Crippen LogP contribution in [0.15, 0.2) is 48.5 Å². The van der Waals surface area contributed by atoms with Crippen molar-refractivity contribution >= 4 is 35.1 Å². The number of carbonyl (C=O) groups excluding carboxylic acids is 4. The van der Waals surface area contributed by atoms with Crippen LogP contribution < -0.4 is 10.2 Å². The third-order valence-electron chi connectivity index (χ3n) is 4.88. The van der Waals surface area contributed by atoms with E-state index in [4.69, 9.17) is 0 Å². The summed E-state index contributed by atoms with van der Waals surface area (Å²) in [4.78, 5) is 53.5. The van der Waals surface area contributed by atoms with Crippen molar-refractivity contribution in [3.05, 3.63) is 59.7 Å². The summed E-state index contributed by atoms with van der Waals surface area (Å²) in [5.74, 6) is -1.07. The van der Waals surface area contributed by atoms with E-state index in [9.17, 15) is 19.2 Å². The molecule has 0 bridgehead atoms. The summed E-state index contributed by atoms with van der Waals surface area (Å²) in [7, 11) is 3.31. The number of anilines is 2. The summed E-state index contributed by atoms with van der Waals surface area (Å²) in [6.45, 7) is 3.19. The number of urea groups is 1. The molecule has 3 rings (SSSR count). The fourth-order valence-corrected chi connectivity index (χ4v) is 3.21. The van der Waals surface area contributed by atoms with Gasteiger partial charge in [0.05, 0.1) is 0 Å². The van der Waals surface area contributed by atoms with Crippen molar-refractivity contribution < 1.29 is 19.2 Å². The lowest BCUT2D eigenvalue weighted by atomic mass is 10.2. The number of carbonyl (C=O) groups is 4. The van der Waals surface area contributed by atoms with E-state index >= 15 is 0 Å². The molecule has 5 amide bonds. The number of imide groups is 1. The molecule has 8 heteroatoms. The number of nitrogens with zero attached hydrogens (tertiary/aromatic N) is 3. The van der Waals surface area contributed by atoms with E-state index in [0.29, 0.717) is 16.9 Å². The van der Waals surface area contributed by atoms with Crippen molar-refractivity contribution in [2.24, 2.45) is 0 Å². The van der Waals surface area contributed by atoms with Gasteiger partial charge in [0.15, 0.2) is 0 Å². The van der Waals surface area contributed by atoms with E-state index in [2.05, 4.69) is 5.32 Å². The van der Waals surface area contributed by atoms with E-state index < -0.39 is 23.9 Å². The van der Waals surface area contributed by atoms with Gasteiger partial charge in [-0.2, -0.15) is 0 Å². The average Bonchev–Trinajstić information content (AvgIpc) is 2.92. The van der Waals surface area contributed by atoms with Crippen molar-refractivity contribution in [3.63, 3.8) is 0 Å². The summed E-state index contributed by atoms with van der Waals surface area (Å²) in [5.41, 5.74) is 2.61. The largest absolute Gasteiger partial charge is 0.345 e. The molecule has 2 aromatic carbocycles. The quantitative estimate of drug-likeness (QED) is 0.770. The molecular weight excluding hydrogens is 384 g/mol. The highest BCUT2D eigenvalue weighted by Crippen LogP contribution is 2.26. The molecule has 30 heavy (non-hydrogen) atoms. The summed E-state index contributed by atoms with van der Waals surface area (Å²) in [5, 5.41) is 2.65. The van der Waals surface area contributed by atoms with Crippen molar-refractivity contribution in [1.82, 2.24) is 9.80 Å². The van der Waals surface area contributed by atoms with Gasteiger partial charge in [-0.3, -0.25) is 24.2 Å². The van der Waals surface area contributed by atoms with Crippen molar-refractivity contribution in [3.8, 4) is 0 Å². The second-order valence-electron chi connectivity index (χ2n) is 7.41. The monoisotopic (exact) mass is 408 g/mol. The first-order valence-corrected chi connectivity index (χ1v) is 9.52. The number of nitrogens with one attached hydrogen (secondary N) is 1. The van der Waals surface area contributed by atoms with Crippen LogP contribution in [0.3, 0.4) is 0 Å². The topological polar surface area (TPSA) is 90.0 Å². The highest BCUT2D eigenvalue weighted by Gasteiger charge is 2.44. The van der Waals surface area contributed by atoms with Gasteiger partial charge in [0, 0.05) is 31.0 Å². The third-order valence-corrected chi connectivity index (χ3v) is 4.88. The van der Waals surface area contributed by atoms with Crippen LogP contribution in [0.2, 0.25) is 0 Å². The van der Waals surface area contributed by atoms with Gasteiger partial charge >= 0.3 is 6.03 Å². The van der Waals surface area contributed by atoms with Gasteiger partial charge in [-0.15, -0.1) is 0 Å². The number of amides is 5. The van der Waals surface area contributed by atoms with Gasteiger partial charge in [0.2, 0.25) is 5.91 Å². The lowest BCUT2D eigenvalue weighted by molar-refractivity contribution is -0.130. The number of aryl methyl sites for hydroxylation is 1. The van der Waals surface area contributed by atoms with E-state index in [1.165, 1.54) is 9.80 Å². The number of rotatable bonds is 5. The number of benzene rings is 2. The van der Waals surface area contributed by atoms with Crippen LogP contribution in [0.1, 0.15) is 22.8 Å². The molecule has 2 aromatic rings. The minimum absolute atomic E-state index is 0.147. The van der Waals surface area contributed by atoms with E-state index in [1.807, 2.05) is 19.1 Å². The van der Waals surface area contributed by atoms with Crippen LogP contribution in [-0.2, 0) is 9.59 Å². The Hall–Kier alpha value is -3.68. The first kappa shape index (κ1) is 21.0. The molecule has 1 atom stereocenters. The standard InChI is InChI=1S/C22H24N4O4/c1-14-5-11-18(12-6-14)26-15(2)20(28)25(22(26)30)13-19(27)23-17-9-7-16(8-10-17)21(29)24(3)4/h5-12,15H,13H2,1-4H3,(H,23,27)/t15-/m1/s1. The molecular formula is C22H24N4O4. The normalized spacial score (nSPS) is 16.1. The Labute approximate surface area is 175 Å². The lowest BCUT2D eigenvalue weighted by Gasteiger charge is -2.19. The van der Waals surface area contributed by atoms with E-state index in [0.717, 1.165) is 10.5 Å². The molecule has 1 aliphatic rings. The molecule has 1 N–H and O–H groups in total. The first-order chi connectivity index (χ1) is 14.2. The van der Waals surface area contributed by atoms with Gasteiger partial charge in [0.25, 0.3) is 11.8 Å². The zero-order valence-electron chi connectivity index (χ0n) is 17.4. The van der Waals surface area contributed by atoms with Gasteiger partial charge in [-0.1, -0.05) is 17.7 Å². The maximum absolute atomic E-state index is 12.8. The Bertz CT molecular complexity index is 983. The van der Waals surface area contributed by atoms with Crippen LogP contribution >= 0.6 is 0 Å². The van der Waals surface area contributed by atoms with Crippen LogP contribution in [0.25, 0.3) is 0 Å². The van der Waals surface area contributed by atoms with Gasteiger partial charge < -0.3 is 10.2 Å². The van der Waals surface area contributed by atoms with E-state index in [-0.39, 0.29) is 12.5 Å². The molecule has 0 aliphatic carbocycles. The van der Waals surface area contributed by atoms with Crippen LogP contribution in [0.4, 0.5) is 16.2 Å². The van der Waals surface area contributed by atoms with Crippen LogP contribution in [0.5, 0.6) is 0 Å². The number of hydrogen-bond donors (Lipinski definition) is 1. The Morgan fingerprint density at radius 2 is 1.60 bits per heavy atom. The van der Waals surface area contributed by atoms with Gasteiger partial charge in [-0.25, -0.2) is 4.79 Å². The molecule has 156 valence electrons. The van der Waals surface area contributed by atoms with Crippen molar-refractivity contribution in [2.45, 2.75) is 19.9 Å². The van der Waals surface area contributed by atoms with Crippen LogP contribution in [0, 0.1) is 6.92 Å². The highest BCUT2D eigenvalue weighted by molar-refractivity contribution is 6.16. The summed E-state index contributed by atoms with van der Waals surface area (Å²) in [6, 6.07) is 12.5. The summed E-state index contributed by atoms with van der Waals surface area (Å²) < 4.78 is 0. The molecule has 8 nitrogen and oxygen atoms in total. The molecule has 0 radical (unpaired) electrons. The maximum atomic E-state index is 12.8. The predicted molar refractivity (Wildman–Crippen MR) is 113 cm³/mol. The summed E-state index contributed by atoms with van der Waals surface area (Å²) >= 11 is 0. The number of hydrogen-bond acceptors (Lipinski definition) is 4. The second-order valence-corrected chi connectivity index (χ2v) is 7.41. The SMILES string of the molecule is Cc1ccc(N2C(=O)N(CC(=O)Nc3ccc(C(=O)N(C)C)cc3)C(=O)[C@H]2C)cc1. The zero-order valence-corrected chi connectivity index (χ0v) is 17.4. The Balaban J connectivity index is 1.67. The molecule has 1 fully saturated rings. The Kier molecular flexibility index (Phi) is 5.86. The minimum Gasteiger partial charge on any atom is -0.345 e. The van der Waals surface area contributed by atoms with Gasteiger partial charge in [0.1, 0.15) is 12.6 Å². The molecule has 1 saturated heterocycles. The molecule has 0 aromatic heterocycles. The minimum atomic E-state index is -0.690. The van der Waals surface area contributed by atoms with Crippen molar-refractivity contribution in [1.29, 1.82) is 0 Å². The Morgan fingerprint density at radius 1 is 1.00 bits per heavy atom.